The van der Waals surface area contributed by atoms with Crippen molar-refractivity contribution in [3.05, 3.63) is 24.3 Å². The van der Waals surface area contributed by atoms with E-state index in [1.165, 1.54) is 6.07 Å². The molecule has 0 spiro atoms. The molecule has 1 atom stereocenters. The smallest absolute Gasteiger partial charge is 0.253 e. The van der Waals surface area contributed by atoms with Gasteiger partial charge in [-0.15, -0.1) is 11.6 Å². The Kier molecular flexibility index (Phi) is 5.13. The molecular formula is C10H14ClO4P. The van der Waals surface area contributed by atoms with Crippen LogP contribution in [0, 0.1) is 0 Å². The lowest BCUT2D eigenvalue weighted by atomic mass is 10.3. The first kappa shape index (κ1) is 13.4. The van der Waals surface area contributed by atoms with Gasteiger partial charge in [-0.25, -0.2) is 0 Å². The van der Waals surface area contributed by atoms with Gasteiger partial charge in [0.05, 0.1) is 6.61 Å². The van der Waals surface area contributed by atoms with Gasteiger partial charge in [0, 0.05) is 0 Å². The number of ether oxygens (including phenoxy) is 1. The van der Waals surface area contributed by atoms with Crippen LogP contribution >= 0.6 is 19.0 Å². The van der Waals surface area contributed by atoms with Crippen LogP contribution in [0.4, 0.5) is 0 Å². The fourth-order valence-electron chi connectivity index (χ4n) is 1.09. The van der Waals surface area contributed by atoms with Crippen molar-refractivity contribution in [2.75, 3.05) is 18.6 Å². The Morgan fingerprint density at radius 1 is 1.44 bits per heavy atom. The summed E-state index contributed by atoms with van der Waals surface area (Å²) in [6.07, 6.45) is -0.137. The number of hydrogen-bond acceptors (Lipinski definition) is 4. The molecule has 4 nitrogen and oxygen atoms in total. The average molecular weight is 265 g/mol. The molecule has 16 heavy (non-hydrogen) atoms. The van der Waals surface area contributed by atoms with Crippen molar-refractivity contribution in [1.29, 1.82) is 0 Å². The van der Waals surface area contributed by atoms with Gasteiger partial charge in [-0.1, -0.05) is 12.1 Å². The van der Waals surface area contributed by atoms with Crippen molar-refractivity contribution >= 4 is 19.0 Å². The van der Waals surface area contributed by atoms with E-state index in [4.69, 9.17) is 20.9 Å². The SMILES string of the molecule is CCOP(=O)(CCl)COc1ccccc1O. The molecule has 0 saturated carbocycles. The van der Waals surface area contributed by atoms with Crippen LogP contribution in [0.2, 0.25) is 0 Å². The summed E-state index contributed by atoms with van der Waals surface area (Å²) in [4.78, 5) is 0. The maximum Gasteiger partial charge on any atom is 0.253 e. The van der Waals surface area contributed by atoms with Crippen LogP contribution in [0.1, 0.15) is 6.92 Å². The maximum atomic E-state index is 11.9. The number of alkyl halides is 1. The second kappa shape index (κ2) is 6.14. The third-order valence-corrected chi connectivity index (χ3v) is 4.54. The highest BCUT2D eigenvalue weighted by molar-refractivity contribution is 7.60. The minimum atomic E-state index is -2.95. The molecule has 6 heteroatoms. The zero-order valence-electron chi connectivity index (χ0n) is 8.93. The van der Waals surface area contributed by atoms with Crippen molar-refractivity contribution in [2.24, 2.45) is 0 Å². The summed E-state index contributed by atoms with van der Waals surface area (Å²) in [7, 11) is -2.95. The Bertz CT molecular complexity index is 383. The van der Waals surface area contributed by atoms with Crippen LogP contribution in [-0.4, -0.2) is 23.7 Å². The van der Waals surface area contributed by atoms with Gasteiger partial charge in [0.1, 0.15) is 5.62 Å². The van der Waals surface area contributed by atoms with Gasteiger partial charge in [0.25, 0.3) is 7.37 Å². The molecule has 1 N–H and O–H groups in total. The molecule has 1 rings (SSSR count). The third kappa shape index (κ3) is 3.71. The molecular weight excluding hydrogens is 251 g/mol. The highest BCUT2D eigenvalue weighted by Crippen LogP contribution is 2.48. The predicted octanol–water partition coefficient (Wildman–Crippen LogP) is 3.24. The van der Waals surface area contributed by atoms with Crippen LogP contribution in [-0.2, 0) is 9.09 Å². The normalized spacial score (nSPS) is 14.4. The Morgan fingerprint density at radius 2 is 2.12 bits per heavy atom. The lowest BCUT2D eigenvalue weighted by Crippen LogP contribution is -2.03. The summed E-state index contributed by atoms with van der Waals surface area (Å²) in [6.45, 7) is 2.05. The zero-order chi connectivity index (χ0) is 12.0. The van der Waals surface area contributed by atoms with E-state index in [1.807, 2.05) is 0 Å². The van der Waals surface area contributed by atoms with Crippen LogP contribution in [0.3, 0.4) is 0 Å². The monoisotopic (exact) mass is 264 g/mol. The Morgan fingerprint density at radius 3 is 2.69 bits per heavy atom. The number of aromatic hydroxyl groups is 1. The summed E-state index contributed by atoms with van der Waals surface area (Å²) >= 11 is 5.56. The van der Waals surface area contributed by atoms with E-state index in [1.54, 1.807) is 25.1 Å². The number of phenols is 1. The summed E-state index contributed by atoms with van der Waals surface area (Å²) in [5, 5.41) is 9.42. The van der Waals surface area contributed by atoms with Gasteiger partial charge in [0.2, 0.25) is 0 Å². The highest BCUT2D eigenvalue weighted by atomic mass is 35.5. The molecule has 0 heterocycles. The minimum Gasteiger partial charge on any atom is -0.504 e. The minimum absolute atomic E-state index is 0.000112. The predicted molar refractivity (Wildman–Crippen MR) is 63.6 cm³/mol. The van der Waals surface area contributed by atoms with Gasteiger partial charge in [-0.05, 0) is 19.1 Å². The molecule has 90 valence electrons. The van der Waals surface area contributed by atoms with E-state index in [9.17, 15) is 9.67 Å². The first-order valence-corrected chi connectivity index (χ1v) is 7.33. The quantitative estimate of drug-likeness (QED) is 0.633. The summed E-state index contributed by atoms with van der Waals surface area (Å²) in [6, 6.07) is 6.45. The van der Waals surface area contributed by atoms with E-state index >= 15 is 0 Å². The first-order chi connectivity index (χ1) is 7.61. The van der Waals surface area contributed by atoms with Crippen LogP contribution < -0.4 is 4.74 Å². The van der Waals surface area contributed by atoms with E-state index < -0.39 is 7.37 Å². The summed E-state index contributed by atoms with van der Waals surface area (Å²) < 4.78 is 22.2. The van der Waals surface area contributed by atoms with Gasteiger partial charge < -0.3 is 14.4 Å². The Balaban J connectivity index is 2.63. The second-order valence-electron chi connectivity index (χ2n) is 3.09. The van der Waals surface area contributed by atoms with Crippen LogP contribution in [0.15, 0.2) is 24.3 Å². The van der Waals surface area contributed by atoms with E-state index in [0.29, 0.717) is 6.61 Å². The van der Waals surface area contributed by atoms with Gasteiger partial charge in [-0.2, -0.15) is 0 Å². The van der Waals surface area contributed by atoms with Gasteiger partial charge in [-0.3, -0.25) is 4.57 Å². The Hall–Kier alpha value is -0.700. The Labute approximate surface area is 99.6 Å². The molecule has 0 bridgehead atoms. The number of rotatable bonds is 6. The molecule has 0 aliphatic rings. The molecule has 0 aliphatic heterocycles. The number of benzene rings is 1. The van der Waals surface area contributed by atoms with Crippen molar-refractivity contribution in [3.8, 4) is 11.5 Å². The largest absolute Gasteiger partial charge is 0.504 e. The summed E-state index contributed by atoms with van der Waals surface area (Å²) in [5.74, 6) is 0.271. The van der Waals surface area contributed by atoms with E-state index in [-0.39, 0.29) is 23.5 Å². The first-order valence-electron chi connectivity index (χ1n) is 4.80. The highest BCUT2D eigenvalue weighted by Gasteiger charge is 2.22. The summed E-state index contributed by atoms with van der Waals surface area (Å²) in [5.41, 5.74) is -0.103. The topological polar surface area (TPSA) is 55.8 Å². The van der Waals surface area contributed by atoms with Crippen molar-refractivity contribution in [3.63, 3.8) is 0 Å². The molecule has 0 amide bonds. The lowest BCUT2D eigenvalue weighted by molar-refractivity contribution is 0.290. The molecule has 1 unspecified atom stereocenters. The molecule has 0 radical (unpaired) electrons. The molecule has 0 aliphatic carbocycles. The molecule has 1 aromatic carbocycles. The van der Waals surface area contributed by atoms with Crippen LogP contribution in [0.25, 0.3) is 0 Å². The maximum absolute atomic E-state index is 11.9. The number of halogens is 1. The van der Waals surface area contributed by atoms with Crippen molar-refractivity contribution < 1.29 is 18.9 Å². The standard InChI is InChI=1S/C10H14ClO4P/c1-2-15-16(13,7-11)8-14-10-6-4-3-5-9(10)12/h3-6,12H,2,7-8H2,1H3. The third-order valence-electron chi connectivity index (χ3n) is 1.83. The van der Waals surface area contributed by atoms with E-state index in [0.717, 1.165) is 0 Å². The van der Waals surface area contributed by atoms with Gasteiger partial charge in [0.15, 0.2) is 17.8 Å². The molecule has 0 aromatic heterocycles. The molecule has 0 saturated heterocycles. The van der Waals surface area contributed by atoms with E-state index in [2.05, 4.69) is 0 Å². The fourth-order valence-corrected chi connectivity index (χ4v) is 2.52. The molecule has 1 aromatic rings. The number of phenolic OH excluding ortho intramolecular Hbond substituents is 1. The number of hydrogen-bond donors (Lipinski definition) is 1. The number of para-hydroxylation sites is 2. The average Bonchev–Trinajstić information content (AvgIpc) is 2.28. The van der Waals surface area contributed by atoms with Gasteiger partial charge >= 0.3 is 0 Å². The fraction of sp³-hybridized carbons (Fsp3) is 0.400. The zero-order valence-corrected chi connectivity index (χ0v) is 10.6. The van der Waals surface area contributed by atoms with Crippen molar-refractivity contribution in [1.82, 2.24) is 0 Å². The second-order valence-corrected chi connectivity index (χ2v) is 6.19. The van der Waals surface area contributed by atoms with Crippen molar-refractivity contribution in [2.45, 2.75) is 6.92 Å². The molecule has 0 fully saturated rings. The van der Waals surface area contributed by atoms with Crippen LogP contribution in [0.5, 0.6) is 11.5 Å². The lowest BCUT2D eigenvalue weighted by Gasteiger charge is -2.16.